The predicted molar refractivity (Wildman–Crippen MR) is 76.7 cm³/mol. The molecule has 1 unspecified atom stereocenters. The molecular formula is C13H15BrN2S. The first-order valence-electron chi connectivity index (χ1n) is 5.81. The van der Waals surface area contributed by atoms with Crippen LogP contribution in [0.3, 0.4) is 0 Å². The summed E-state index contributed by atoms with van der Waals surface area (Å²) in [7, 11) is 0. The van der Waals surface area contributed by atoms with E-state index in [0.29, 0.717) is 4.83 Å². The lowest BCUT2D eigenvalue weighted by Gasteiger charge is -1.99. The zero-order chi connectivity index (χ0) is 12.3. The van der Waals surface area contributed by atoms with Gasteiger partial charge in [0.25, 0.3) is 0 Å². The molecule has 0 saturated carbocycles. The Hall–Kier alpha value is -0.740. The Morgan fingerprint density at radius 3 is 2.47 bits per heavy atom. The van der Waals surface area contributed by atoms with Gasteiger partial charge >= 0.3 is 0 Å². The van der Waals surface area contributed by atoms with Crippen LogP contribution in [0.4, 0.5) is 0 Å². The monoisotopic (exact) mass is 310 g/mol. The van der Waals surface area contributed by atoms with Crippen molar-refractivity contribution in [1.82, 2.24) is 10.2 Å². The predicted octanol–water partition coefficient (Wildman–Crippen LogP) is 4.61. The molecule has 90 valence electrons. The molecule has 0 radical (unpaired) electrons. The average molecular weight is 311 g/mol. The average Bonchev–Trinajstić information content (AvgIpc) is 2.87. The Morgan fingerprint density at radius 1 is 1.18 bits per heavy atom. The van der Waals surface area contributed by atoms with Gasteiger partial charge in [-0.3, -0.25) is 0 Å². The molecule has 2 aromatic rings. The SMILES string of the molecule is CCc1ccc(-c2nnc(C(Br)CC)s2)cc1. The maximum Gasteiger partial charge on any atom is 0.147 e. The minimum atomic E-state index is 0.323. The van der Waals surface area contributed by atoms with Crippen LogP contribution in [0.15, 0.2) is 24.3 Å². The van der Waals surface area contributed by atoms with E-state index in [2.05, 4.69) is 64.2 Å². The van der Waals surface area contributed by atoms with Crippen molar-refractivity contribution in [2.24, 2.45) is 0 Å². The van der Waals surface area contributed by atoms with Crippen molar-refractivity contribution >= 4 is 27.3 Å². The molecule has 0 amide bonds. The van der Waals surface area contributed by atoms with Gasteiger partial charge in [-0.2, -0.15) is 0 Å². The van der Waals surface area contributed by atoms with Crippen LogP contribution in [0.25, 0.3) is 10.6 Å². The third kappa shape index (κ3) is 2.93. The highest BCUT2D eigenvalue weighted by molar-refractivity contribution is 9.09. The zero-order valence-corrected chi connectivity index (χ0v) is 12.4. The van der Waals surface area contributed by atoms with Gasteiger partial charge in [-0.15, -0.1) is 10.2 Å². The van der Waals surface area contributed by atoms with Crippen molar-refractivity contribution in [3.05, 3.63) is 34.8 Å². The van der Waals surface area contributed by atoms with Gasteiger partial charge in [0.2, 0.25) is 0 Å². The van der Waals surface area contributed by atoms with E-state index < -0.39 is 0 Å². The molecule has 2 nitrogen and oxygen atoms in total. The fourth-order valence-corrected chi connectivity index (χ4v) is 2.82. The zero-order valence-electron chi connectivity index (χ0n) is 9.98. The van der Waals surface area contributed by atoms with E-state index in [9.17, 15) is 0 Å². The molecule has 1 aromatic heterocycles. The third-order valence-electron chi connectivity index (χ3n) is 2.68. The minimum absolute atomic E-state index is 0.323. The van der Waals surface area contributed by atoms with Gasteiger partial charge in [0, 0.05) is 5.56 Å². The van der Waals surface area contributed by atoms with Crippen molar-refractivity contribution in [3.63, 3.8) is 0 Å². The summed E-state index contributed by atoms with van der Waals surface area (Å²) in [5.74, 6) is 0. The van der Waals surface area contributed by atoms with Crippen LogP contribution in [0.5, 0.6) is 0 Å². The van der Waals surface area contributed by atoms with Crippen LogP contribution in [-0.2, 0) is 6.42 Å². The summed E-state index contributed by atoms with van der Waals surface area (Å²) < 4.78 is 0. The van der Waals surface area contributed by atoms with Crippen molar-refractivity contribution < 1.29 is 0 Å². The lowest BCUT2D eigenvalue weighted by atomic mass is 10.1. The first kappa shape index (κ1) is 12.7. The number of hydrogen-bond acceptors (Lipinski definition) is 3. The number of halogens is 1. The van der Waals surface area contributed by atoms with Gasteiger partial charge in [0.1, 0.15) is 10.0 Å². The fraction of sp³-hybridized carbons (Fsp3) is 0.385. The number of hydrogen-bond donors (Lipinski definition) is 0. The lowest BCUT2D eigenvalue weighted by molar-refractivity contribution is 0.870. The van der Waals surface area contributed by atoms with Gasteiger partial charge in [-0.25, -0.2) is 0 Å². The number of benzene rings is 1. The second-order valence-electron chi connectivity index (χ2n) is 3.87. The molecule has 1 heterocycles. The molecule has 0 aliphatic rings. The molecule has 0 aliphatic carbocycles. The molecular weight excluding hydrogens is 296 g/mol. The largest absolute Gasteiger partial charge is 0.147 e. The van der Waals surface area contributed by atoms with Crippen LogP contribution in [0.2, 0.25) is 0 Å². The number of aromatic nitrogens is 2. The van der Waals surface area contributed by atoms with Crippen LogP contribution in [-0.4, -0.2) is 10.2 Å². The molecule has 0 spiro atoms. The first-order chi connectivity index (χ1) is 8.24. The molecule has 0 bridgehead atoms. The Balaban J connectivity index is 2.24. The summed E-state index contributed by atoms with van der Waals surface area (Å²) in [5, 5.41) is 10.5. The van der Waals surface area contributed by atoms with Gasteiger partial charge in [0.15, 0.2) is 0 Å². The molecule has 1 atom stereocenters. The Bertz CT molecular complexity index is 478. The van der Waals surface area contributed by atoms with Crippen LogP contribution >= 0.6 is 27.3 Å². The molecule has 0 saturated heterocycles. The maximum absolute atomic E-state index is 4.25. The van der Waals surface area contributed by atoms with E-state index in [1.165, 1.54) is 5.56 Å². The fourth-order valence-electron chi connectivity index (χ4n) is 1.54. The highest BCUT2D eigenvalue weighted by atomic mass is 79.9. The van der Waals surface area contributed by atoms with E-state index in [0.717, 1.165) is 28.4 Å². The Labute approximate surface area is 114 Å². The second kappa shape index (κ2) is 5.74. The smallest absolute Gasteiger partial charge is 0.142 e. The topological polar surface area (TPSA) is 25.8 Å². The number of aryl methyl sites for hydroxylation is 1. The molecule has 0 N–H and O–H groups in total. The van der Waals surface area contributed by atoms with E-state index in [1.807, 2.05) is 0 Å². The second-order valence-corrected chi connectivity index (χ2v) is 5.99. The quantitative estimate of drug-likeness (QED) is 0.770. The van der Waals surface area contributed by atoms with E-state index >= 15 is 0 Å². The van der Waals surface area contributed by atoms with Crippen LogP contribution in [0.1, 0.15) is 35.7 Å². The van der Waals surface area contributed by atoms with Crippen molar-refractivity contribution in [2.45, 2.75) is 31.5 Å². The standard InChI is InChI=1S/C13H15BrN2S/c1-3-9-5-7-10(8-6-9)12-15-16-13(17-12)11(14)4-2/h5-8,11H,3-4H2,1-2H3. The Morgan fingerprint density at radius 2 is 1.88 bits per heavy atom. The van der Waals surface area contributed by atoms with Gasteiger partial charge in [-0.1, -0.05) is 65.4 Å². The van der Waals surface area contributed by atoms with Gasteiger partial charge in [-0.05, 0) is 18.4 Å². The summed E-state index contributed by atoms with van der Waals surface area (Å²) in [6.45, 7) is 4.30. The van der Waals surface area contributed by atoms with E-state index in [1.54, 1.807) is 11.3 Å². The molecule has 2 rings (SSSR count). The highest BCUT2D eigenvalue weighted by Crippen LogP contribution is 2.32. The summed E-state index contributed by atoms with van der Waals surface area (Å²) in [6.07, 6.45) is 2.10. The lowest BCUT2D eigenvalue weighted by Crippen LogP contribution is -1.85. The van der Waals surface area contributed by atoms with Crippen LogP contribution in [0, 0.1) is 0 Å². The number of alkyl halides is 1. The molecule has 0 aliphatic heterocycles. The molecule has 17 heavy (non-hydrogen) atoms. The molecule has 0 fully saturated rings. The normalized spacial score (nSPS) is 12.6. The summed E-state index contributed by atoms with van der Waals surface area (Å²) >= 11 is 5.26. The van der Waals surface area contributed by atoms with Crippen molar-refractivity contribution in [3.8, 4) is 10.6 Å². The van der Waals surface area contributed by atoms with E-state index in [4.69, 9.17) is 0 Å². The Kier molecular flexibility index (Phi) is 4.29. The maximum atomic E-state index is 4.25. The van der Waals surface area contributed by atoms with Gasteiger partial charge in [0.05, 0.1) is 4.83 Å². The molecule has 1 aromatic carbocycles. The van der Waals surface area contributed by atoms with Gasteiger partial charge < -0.3 is 0 Å². The van der Waals surface area contributed by atoms with Crippen molar-refractivity contribution in [1.29, 1.82) is 0 Å². The van der Waals surface area contributed by atoms with Crippen molar-refractivity contribution in [2.75, 3.05) is 0 Å². The number of nitrogens with zero attached hydrogens (tertiary/aromatic N) is 2. The van der Waals surface area contributed by atoms with Crippen LogP contribution < -0.4 is 0 Å². The molecule has 4 heteroatoms. The first-order valence-corrected chi connectivity index (χ1v) is 7.54. The summed E-state index contributed by atoms with van der Waals surface area (Å²) in [6, 6.07) is 8.56. The summed E-state index contributed by atoms with van der Waals surface area (Å²) in [4.78, 5) is 0.323. The minimum Gasteiger partial charge on any atom is -0.142 e. The summed E-state index contributed by atoms with van der Waals surface area (Å²) in [5.41, 5.74) is 2.51. The highest BCUT2D eigenvalue weighted by Gasteiger charge is 2.12. The third-order valence-corrected chi connectivity index (χ3v) is 5.15. The number of rotatable bonds is 4. The van der Waals surface area contributed by atoms with E-state index in [-0.39, 0.29) is 0 Å².